The molecule has 0 aliphatic carbocycles. The van der Waals surface area contributed by atoms with Crippen molar-refractivity contribution in [2.75, 3.05) is 0 Å². The Morgan fingerprint density at radius 2 is 2.25 bits per heavy atom. The molecule has 1 heterocycles. The van der Waals surface area contributed by atoms with Crippen LogP contribution >= 0.6 is 43.5 Å². The highest BCUT2D eigenvalue weighted by atomic mass is 79.9. The summed E-state index contributed by atoms with van der Waals surface area (Å²) in [5.74, 6) is -0.0701. The molecule has 0 amide bonds. The lowest BCUT2D eigenvalue weighted by Gasteiger charge is -2.00. The third kappa shape index (κ3) is 2.54. The van der Waals surface area contributed by atoms with Crippen LogP contribution in [0.15, 0.2) is 18.3 Å². The third-order valence-corrected chi connectivity index (χ3v) is 2.25. The molecule has 0 radical (unpaired) electrons. The Labute approximate surface area is 91.6 Å². The summed E-state index contributed by atoms with van der Waals surface area (Å²) in [6.45, 7) is 0. The van der Waals surface area contributed by atoms with Gasteiger partial charge in [0.25, 0.3) is 0 Å². The van der Waals surface area contributed by atoms with E-state index in [9.17, 15) is 4.79 Å². The average molecular weight is 313 g/mol. The van der Waals surface area contributed by atoms with Crippen molar-refractivity contribution in [3.05, 3.63) is 29.0 Å². The topological polar surface area (TPSA) is 30.0 Å². The molecule has 0 aliphatic heterocycles. The number of carbonyl (C=O) groups excluding carboxylic acids is 1. The van der Waals surface area contributed by atoms with Crippen molar-refractivity contribution in [3.63, 3.8) is 0 Å². The lowest BCUT2D eigenvalue weighted by atomic mass is 10.2. The molecule has 0 saturated carbocycles. The van der Waals surface area contributed by atoms with Gasteiger partial charge in [-0.1, -0.05) is 43.5 Å². The highest BCUT2D eigenvalue weighted by Gasteiger charge is 2.13. The maximum atomic E-state index is 11.3. The first-order valence-electron chi connectivity index (χ1n) is 3.05. The van der Waals surface area contributed by atoms with Crippen LogP contribution in [-0.4, -0.2) is 14.5 Å². The van der Waals surface area contributed by atoms with Crippen LogP contribution in [0.3, 0.4) is 0 Å². The quantitative estimate of drug-likeness (QED) is 0.477. The molecule has 5 heteroatoms. The number of Topliss-reactive ketones (excluding diaryl/α,β-unsaturated/α-hetero) is 1. The normalized spacial score (nSPS) is 10.3. The molecule has 64 valence electrons. The second-order valence-electron chi connectivity index (χ2n) is 2.03. The summed E-state index contributed by atoms with van der Waals surface area (Å²) in [5.41, 5.74) is 0.536. The van der Waals surface area contributed by atoms with Crippen molar-refractivity contribution in [1.82, 2.24) is 4.98 Å². The largest absolute Gasteiger partial charge is 0.292 e. The molecule has 12 heavy (non-hydrogen) atoms. The van der Waals surface area contributed by atoms with Crippen molar-refractivity contribution < 1.29 is 4.79 Å². The van der Waals surface area contributed by atoms with Gasteiger partial charge >= 0.3 is 0 Å². The van der Waals surface area contributed by atoms with Gasteiger partial charge in [-0.05, 0) is 12.1 Å². The summed E-state index contributed by atoms with van der Waals surface area (Å²) in [6, 6.07) is 3.14. The third-order valence-electron chi connectivity index (χ3n) is 1.21. The Morgan fingerprint density at radius 3 is 2.75 bits per heavy atom. The molecule has 0 aromatic carbocycles. The highest BCUT2D eigenvalue weighted by Crippen LogP contribution is 2.16. The molecule has 0 saturated heterocycles. The molecule has 0 atom stereocenters. The zero-order valence-electron chi connectivity index (χ0n) is 5.80. The fourth-order valence-corrected chi connectivity index (χ4v) is 1.38. The van der Waals surface area contributed by atoms with Crippen LogP contribution in [0, 0.1) is 0 Å². The predicted molar refractivity (Wildman–Crippen MR) is 55.2 cm³/mol. The molecule has 0 bridgehead atoms. The molecule has 2 nitrogen and oxygen atoms in total. The number of carbonyl (C=O) groups is 1. The van der Waals surface area contributed by atoms with E-state index in [0.29, 0.717) is 10.7 Å². The van der Waals surface area contributed by atoms with E-state index in [1.165, 1.54) is 12.3 Å². The van der Waals surface area contributed by atoms with E-state index in [1.807, 2.05) is 0 Å². The number of pyridine rings is 1. The standard InChI is InChI=1S/C7H4Br2ClNO/c8-7(9)6(12)4-1-2-11-5(10)3-4/h1-3,7H. The molecule has 0 aliphatic rings. The number of ketones is 1. The monoisotopic (exact) mass is 311 g/mol. The van der Waals surface area contributed by atoms with Crippen LogP contribution in [0.4, 0.5) is 0 Å². The number of nitrogens with zero attached hydrogens (tertiary/aromatic N) is 1. The first-order valence-corrected chi connectivity index (χ1v) is 5.26. The van der Waals surface area contributed by atoms with Crippen LogP contribution in [0.1, 0.15) is 10.4 Å². The molecule has 0 spiro atoms. The summed E-state index contributed by atoms with van der Waals surface area (Å²) in [7, 11) is 0. The fourth-order valence-electron chi connectivity index (χ4n) is 0.682. The van der Waals surface area contributed by atoms with Gasteiger partial charge in [-0.2, -0.15) is 0 Å². The zero-order valence-corrected chi connectivity index (χ0v) is 9.73. The smallest absolute Gasteiger partial charge is 0.187 e. The van der Waals surface area contributed by atoms with Crippen LogP contribution in [-0.2, 0) is 0 Å². The van der Waals surface area contributed by atoms with Gasteiger partial charge < -0.3 is 0 Å². The fraction of sp³-hybridized carbons (Fsp3) is 0.143. The van der Waals surface area contributed by atoms with Crippen molar-refractivity contribution in [2.45, 2.75) is 3.74 Å². The summed E-state index contributed by atoms with van der Waals surface area (Å²) < 4.78 is -0.372. The molecular formula is C7H4Br2ClNO. The van der Waals surface area contributed by atoms with Crippen molar-refractivity contribution in [1.29, 1.82) is 0 Å². The van der Waals surface area contributed by atoms with E-state index in [-0.39, 0.29) is 9.52 Å². The van der Waals surface area contributed by atoms with Gasteiger partial charge in [0.15, 0.2) is 5.78 Å². The van der Waals surface area contributed by atoms with E-state index >= 15 is 0 Å². The van der Waals surface area contributed by atoms with Crippen LogP contribution in [0.25, 0.3) is 0 Å². The van der Waals surface area contributed by atoms with Crippen LogP contribution in [0.2, 0.25) is 5.15 Å². The van der Waals surface area contributed by atoms with Crippen LogP contribution < -0.4 is 0 Å². The van der Waals surface area contributed by atoms with Gasteiger partial charge in [0.1, 0.15) is 8.89 Å². The number of halogens is 3. The Morgan fingerprint density at radius 1 is 1.58 bits per heavy atom. The number of alkyl halides is 2. The van der Waals surface area contributed by atoms with E-state index in [2.05, 4.69) is 36.8 Å². The van der Waals surface area contributed by atoms with Crippen LogP contribution in [0.5, 0.6) is 0 Å². The van der Waals surface area contributed by atoms with Gasteiger partial charge in [0.2, 0.25) is 0 Å². The highest BCUT2D eigenvalue weighted by molar-refractivity contribution is 9.25. The van der Waals surface area contributed by atoms with E-state index in [0.717, 1.165) is 0 Å². The minimum atomic E-state index is -0.372. The summed E-state index contributed by atoms with van der Waals surface area (Å²) in [4.78, 5) is 15.1. The average Bonchev–Trinajstić information content (AvgIpc) is 2.03. The second-order valence-corrected chi connectivity index (χ2v) is 5.48. The van der Waals surface area contributed by atoms with Gasteiger partial charge in [0, 0.05) is 11.8 Å². The second kappa shape index (κ2) is 4.35. The van der Waals surface area contributed by atoms with Crippen molar-refractivity contribution in [2.24, 2.45) is 0 Å². The van der Waals surface area contributed by atoms with Gasteiger partial charge in [-0.15, -0.1) is 0 Å². The number of hydrogen-bond donors (Lipinski definition) is 0. The Kier molecular flexibility index (Phi) is 3.68. The predicted octanol–water partition coefficient (Wildman–Crippen LogP) is 3.03. The molecule has 0 unspecified atom stereocenters. The lowest BCUT2D eigenvalue weighted by molar-refractivity contribution is 0.101. The van der Waals surface area contributed by atoms with Gasteiger partial charge in [0.05, 0.1) is 0 Å². The van der Waals surface area contributed by atoms with Crippen molar-refractivity contribution in [3.8, 4) is 0 Å². The number of aromatic nitrogens is 1. The maximum absolute atomic E-state index is 11.3. The molecule has 1 aromatic rings. The first kappa shape index (κ1) is 10.2. The number of rotatable bonds is 2. The molecule has 0 N–H and O–H groups in total. The zero-order chi connectivity index (χ0) is 9.14. The van der Waals surface area contributed by atoms with E-state index in [1.54, 1.807) is 6.07 Å². The lowest BCUT2D eigenvalue weighted by Crippen LogP contribution is -2.06. The van der Waals surface area contributed by atoms with Gasteiger partial charge in [-0.25, -0.2) is 4.98 Å². The molecule has 1 rings (SSSR count). The Balaban J connectivity index is 2.96. The van der Waals surface area contributed by atoms with E-state index < -0.39 is 0 Å². The summed E-state index contributed by atoms with van der Waals surface area (Å²) >= 11 is 11.8. The minimum absolute atomic E-state index is 0.0701. The molecular weight excluding hydrogens is 309 g/mol. The number of hydrogen-bond acceptors (Lipinski definition) is 2. The van der Waals surface area contributed by atoms with Gasteiger partial charge in [-0.3, -0.25) is 4.79 Å². The Bertz CT molecular complexity index is 303. The molecule has 0 fully saturated rings. The maximum Gasteiger partial charge on any atom is 0.187 e. The Hall–Kier alpha value is 0.0700. The summed E-state index contributed by atoms with van der Waals surface area (Å²) in [6.07, 6.45) is 1.50. The molecule has 1 aromatic heterocycles. The SMILES string of the molecule is O=C(c1ccnc(Cl)c1)C(Br)Br. The van der Waals surface area contributed by atoms with Crippen molar-refractivity contribution >= 4 is 49.2 Å². The first-order chi connectivity index (χ1) is 5.61. The summed E-state index contributed by atoms with van der Waals surface area (Å²) in [5, 5.41) is 0.321. The van der Waals surface area contributed by atoms with E-state index in [4.69, 9.17) is 11.6 Å². The minimum Gasteiger partial charge on any atom is -0.292 e.